The SMILES string of the molecule is COc1ccc(Nc2c3ccccc3nc3c2c(=O)oc2ccccc23)cc1. The van der Waals surface area contributed by atoms with E-state index < -0.39 is 5.63 Å². The van der Waals surface area contributed by atoms with E-state index in [2.05, 4.69) is 5.32 Å². The second kappa shape index (κ2) is 6.39. The summed E-state index contributed by atoms with van der Waals surface area (Å²) in [4.78, 5) is 17.7. The zero-order valence-corrected chi connectivity index (χ0v) is 15.1. The fourth-order valence-corrected chi connectivity index (χ4v) is 3.46. The van der Waals surface area contributed by atoms with Gasteiger partial charge in [-0.25, -0.2) is 9.78 Å². The Morgan fingerprint density at radius 1 is 0.893 bits per heavy atom. The van der Waals surface area contributed by atoms with Gasteiger partial charge in [-0.05, 0) is 42.5 Å². The predicted octanol–water partition coefficient (Wildman–Crippen LogP) is 5.25. The molecule has 0 saturated heterocycles. The van der Waals surface area contributed by atoms with Crippen molar-refractivity contribution in [1.29, 1.82) is 0 Å². The van der Waals surface area contributed by atoms with Crippen LogP contribution in [0.15, 0.2) is 82.0 Å². The Labute approximate surface area is 160 Å². The molecule has 0 amide bonds. The highest BCUT2D eigenvalue weighted by molar-refractivity contribution is 6.14. The number of nitrogens with zero attached hydrogens (tertiary/aromatic N) is 1. The third-order valence-electron chi connectivity index (χ3n) is 4.80. The lowest BCUT2D eigenvalue weighted by atomic mass is 10.1. The first-order valence-corrected chi connectivity index (χ1v) is 8.90. The summed E-state index contributed by atoms with van der Waals surface area (Å²) in [6, 6.07) is 22.7. The summed E-state index contributed by atoms with van der Waals surface area (Å²) in [5, 5.41) is 5.49. The van der Waals surface area contributed by atoms with Crippen molar-refractivity contribution in [2.24, 2.45) is 0 Å². The minimum Gasteiger partial charge on any atom is -0.497 e. The van der Waals surface area contributed by atoms with Gasteiger partial charge in [0.2, 0.25) is 0 Å². The Hall–Kier alpha value is -3.86. The Morgan fingerprint density at radius 3 is 2.39 bits per heavy atom. The van der Waals surface area contributed by atoms with Crippen LogP contribution in [0, 0.1) is 0 Å². The summed E-state index contributed by atoms with van der Waals surface area (Å²) in [5.41, 5.74) is 3.07. The first-order chi connectivity index (χ1) is 13.7. The number of hydrogen-bond acceptors (Lipinski definition) is 5. The number of rotatable bonds is 3. The van der Waals surface area contributed by atoms with E-state index in [1.54, 1.807) is 13.2 Å². The number of hydrogen-bond donors (Lipinski definition) is 1. The minimum absolute atomic E-state index is 0.414. The number of methoxy groups -OCH3 is 1. The van der Waals surface area contributed by atoms with Gasteiger partial charge in [-0.3, -0.25) is 0 Å². The molecule has 3 aromatic carbocycles. The third kappa shape index (κ3) is 2.56. The van der Waals surface area contributed by atoms with Crippen LogP contribution < -0.4 is 15.7 Å². The third-order valence-corrected chi connectivity index (χ3v) is 4.80. The number of fused-ring (bicyclic) bond motifs is 4. The molecule has 28 heavy (non-hydrogen) atoms. The molecule has 136 valence electrons. The van der Waals surface area contributed by atoms with Crippen LogP contribution >= 0.6 is 0 Å². The first-order valence-electron chi connectivity index (χ1n) is 8.90. The molecule has 0 atom stereocenters. The molecule has 0 bridgehead atoms. The molecule has 0 saturated carbocycles. The molecular formula is C23H16N2O3. The highest BCUT2D eigenvalue weighted by Gasteiger charge is 2.16. The molecule has 0 radical (unpaired) electrons. The zero-order chi connectivity index (χ0) is 19.1. The van der Waals surface area contributed by atoms with Crippen LogP contribution in [0.2, 0.25) is 0 Å². The minimum atomic E-state index is -0.414. The van der Waals surface area contributed by atoms with Gasteiger partial charge >= 0.3 is 5.63 Å². The molecule has 0 unspecified atom stereocenters. The Morgan fingerprint density at radius 2 is 1.61 bits per heavy atom. The Kier molecular flexibility index (Phi) is 3.72. The monoisotopic (exact) mass is 368 g/mol. The standard InChI is InChI=1S/C23H16N2O3/c1-27-15-12-10-14(11-13-15)24-21-16-6-2-4-8-18(16)25-22-17-7-3-5-9-19(17)28-23(26)20(21)22/h2-13H,1H3,(H,24,25). The average Bonchev–Trinajstić information content (AvgIpc) is 2.74. The molecule has 0 fully saturated rings. The van der Waals surface area contributed by atoms with Crippen molar-refractivity contribution < 1.29 is 9.15 Å². The molecule has 0 aliphatic carbocycles. The molecule has 0 aliphatic heterocycles. The van der Waals surface area contributed by atoms with E-state index in [0.717, 1.165) is 27.7 Å². The van der Waals surface area contributed by atoms with Crippen molar-refractivity contribution in [3.8, 4) is 5.75 Å². The topological polar surface area (TPSA) is 64.4 Å². The molecule has 0 aliphatic rings. The van der Waals surface area contributed by atoms with E-state index in [4.69, 9.17) is 14.1 Å². The number of pyridine rings is 1. The van der Waals surface area contributed by atoms with Gasteiger partial charge in [0.25, 0.3) is 0 Å². The Balaban J connectivity index is 1.86. The van der Waals surface area contributed by atoms with Crippen LogP contribution in [0.1, 0.15) is 0 Å². The molecule has 5 nitrogen and oxygen atoms in total. The van der Waals surface area contributed by atoms with Crippen molar-refractivity contribution in [3.63, 3.8) is 0 Å². The lowest BCUT2D eigenvalue weighted by molar-refractivity contribution is 0.415. The highest BCUT2D eigenvalue weighted by atomic mass is 16.5. The maximum Gasteiger partial charge on any atom is 0.347 e. The molecule has 5 aromatic rings. The number of nitrogens with one attached hydrogen (secondary N) is 1. The number of ether oxygens (including phenoxy) is 1. The van der Waals surface area contributed by atoms with Crippen LogP contribution in [0.25, 0.3) is 32.8 Å². The van der Waals surface area contributed by atoms with Crippen LogP contribution in [0.5, 0.6) is 5.75 Å². The lowest BCUT2D eigenvalue weighted by Gasteiger charge is -2.13. The smallest absolute Gasteiger partial charge is 0.347 e. The summed E-state index contributed by atoms with van der Waals surface area (Å²) < 4.78 is 10.8. The molecule has 5 heteroatoms. The highest BCUT2D eigenvalue weighted by Crippen LogP contribution is 2.34. The fourth-order valence-electron chi connectivity index (χ4n) is 3.46. The quantitative estimate of drug-likeness (QED) is 0.268. The molecule has 0 spiro atoms. The van der Waals surface area contributed by atoms with Gasteiger partial charge in [-0.1, -0.05) is 30.3 Å². The van der Waals surface area contributed by atoms with Crippen molar-refractivity contribution in [2.75, 3.05) is 12.4 Å². The van der Waals surface area contributed by atoms with E-state index >= 15 is 0 Å². The summed E-state index contributed by atoms with van der Waals surface area (Å²) in [5.74, 6) is 0.764. The van der Waals surface area contributed by atoms with Crippen LogP contribution in [-0.4, -0.2) is 12.1 Å². The van der Waals surface area contributed by atoms with Gasteiger partial charge < -0.3 is 14.5 Å². The van der Waals surface area contributed by atoms with Crippen molar-refractivity contribution >= 4 is 44.1 Å². The van der Waals surface area contributed by atoms with Gasteiger partial charge in [-0.15, -0.1) is 0 Å². The van der Waals surface area contributed by atoms with E-state index in [9.17, 15) is 4.79 Å². The molecular weight excluding hydrogens is 352 g/mol. The van der Waals surface area contributed by atoms with E-state index in [1.807, 2.05) is 66.7 Å². The van der Waals surface area contributed by atoms with Crippen molar-refractivity contribution in [3.05, 3.63) is 83.2 Å². The van der Waals surface area contributed by atoms with Crippen LogP contribution in [-0.2, 0) is 0 Å². The van der Waals surface area contributed by atoms with E-state index in [0.29, 0.717) is 22.2 Å². The van der Waals surface area contributed by atoms with Gasteiger partial charge in [0, 0.05) is 16.5 Å². The number of anilines is 2. The number of para-hydroxylation sites is 2. The van der Waals surface area contributed by atoms with E-state index in [-0.39, 0.29) is 0 Å². The van der Waals surface area contributed by atoms with Crippen LogP contribution in [0.4, 0.5) is 11.4 Å². The molecule has 2 heterocycles. The first kappa shape index (κ1) is 16.3. The largest absolute Gasteiger partial charge is 0.497 e. The lowest BCUT2D eigenvalue weighted by Crippen LogP contribution is -2.06. The molecule has 2 aromatic heterocycles. The number of aromatic nitrogens is 1. The normalized spacial score (nSPS) is 11.2. The molecule has 5 rings (SSSR count). The van der Waals surface area contributed by atoms with Crippen molar-refractivity contribution in [1.82, 2.24) is 4.98 Å². The fraction of sp³-hybridized carbons (Fsp3) is 0.0435. The van der Waals surface area contributed by atoms with Gasteiger partial charge in [-0.2, -0.15) is 0 Å². The zero-order valence-electron chi connectivity index (χ0n) is 15.1. The second-order valence-electron chi connectivity index (χ2n) is 6.47. The summed E-state index contributed by atoms with van der Waals surface area (Å²) >= 11 is 0. The maximum absolute atomic E-state index is 12.9. The van der Waals surface area contributed by atoms with Gasteiger partial charge in [0.1, 0.15) is 16.7 Å². The Bertz CT molecular complexity index is 1390. The molecule has 1 N–H and O–H groups in total. The number of benzene rings is 3. The maximum atomic E-state index is 12.9. The summed E-state index contributed by atoms with van der Waals surface area (Å²) in [6.45, 7) is 0. The predicted molar refractivity (Wildman–Crippen MR) is 112 cm³/mol. The summed E-state index contributed by atoms with van der Waals surface area (Å²) in [7, 11) is 1.63. The van der Waals surface area contributed by atoms with Crippen molar-refractivity contribution in [2.45, 2.75) is 0 Å². The van der Waals surface area contributed by atoms with Crippen LogP contribution in [0.3, 0.4) is 0 Å². The summed E-state index contributed by atoms with van der Waals surface area (Å²) in [6.07, 6.45) is 0. The van der Waals surface area contributed by atoms with E-state index in [1.165, 1.54) is 0 Å². The second-order valence-corrected chi connectivity index (χ2v) is 6.47. The average molecular weight is 368 g/mol. The van der Waals surface area contributed by atoms with Gasteiger partial charge in [0.15, 0.2) is 0 Å². The van der Waals surface area contributed by atoms with Gasteiger partial charge in [0.05, 0.1) is 23.8 Å².